The molecule has 19 heavy (non-hydrogen) atoms. The van der Waals surface area contributed by atoms with Gasteiger partial charge in [-0.2, -0.15) is 0 Å². The normalized spacial score (nSPS) is 11.2. The molecule has 0 unspecified atom stereocenters. The maximum atomic E-state index is 12.4. The summed E-state index contributed by atoms with van der Waals surface area (Å²) < 4.78 is 24.7. The number of nitrogen functional groups attached to an aromatic ring is 1. The maximum absolute atomic E-state index is 12.4. The zero-order valence-corrected chi connectivity index (χ0v) is 11.4. The molecule has 0 aliphatic heterocycles. The summed E-state index contributed by atoms with van der Waals surface area (Å²) in [5, 5.41) is 3.12. The summed E-state index contributed by atoms with van der Waals surface area (Å²) in [6.45, 7) is 2.78. The Kier molecular flexibility index (Phi) is 3.76. The van der Waals surface area contributed by atoms with Crippen molar-refractivity contribution < 1.29 is 8.42 Å². The lowest BCUT2D eigenvalue weighted by atomic mass is 10.3. The van der Waals surface area contributed by atoms with E-state index in [4.69, 9.17) is 5.73 Å². The number of nitrogens with two attached hydrogens (primary N) is 1. The van der Waals surface area contributed by atoms with Crippen molar-refractivity contribution >= 4 is 21.2 Å². The van der Waals surface area contributed by atoms with E-state index in [1.807, 2.05) is 6.92 Å². The van der Waals surface area contributed by atoms with Gasteiger partial charge in [-0.15, -0.1) is 0 Å². The van der Waals surface area contributed by atoms with Crippen molar-refractivity contribution in [3.05, 3.63) is 48.5 Å². The van der Waals surface area contributed by atoms with E-state index in [1.54, 1.807) is 36.4 Å². The van der Waals surface area contributed by atoms with Gasteiger partial charge in [0.15, 0.2) is 0 Å². The van der Waals surface area contributed by atoms with Crippen molar-refractivity contribution in [2.45, 2.75) is 16.7 Å². The average molecular weight is 276 g/mol. The maximum Gasteiger partial charge on any atom is 0.206 e. The van der Waals surface area contributed by atoms with Crippen LogP contribution in [0, 0.1) is 0 Å². The predicted octanol–water partition coefficient (Wildman–Crippen LogP) is 2.53. The molecule has 0 saturated heterocycles. The lowest BCUT2D eigenvalue weighted by molar-refractivity contribution is 0.596. The third-order valence-corrected chi connectivity index (χ3v) is 4.52. The van der Waals surface area contributed by atoms with Crippen LogP contribution in [-0.2, 0) is 9.84 Å². The van der Waals surface area contributed by atoms with E-state index in [0.717, 1.165) is 12.2 Å². The molecule has 2 rings (SSSR count). The van der Waals surface area contributed by atoms with Crippen molar-refractivity contribution in [3.63, 3.8) is 0 Å². The summed E-state index contributed by atoms with van der Waals surface area (Å²) in [6, 6.07) is 12.9. The molecule has 0 aromatic heterocycles. The largest absolute Gasteiger partial charge is 0.399 e. The number of hydrogen-bond donors (Lipinski definition) is 2. The fourth-order valence-electron chi connectivity index (χ4n) is 1.74. The van der Waals surface area contributed by atoms with Gasteiger partial charge in [-0.1, -0.05) is 0 Å². The van der Waals surface area contributed by atoms with Crippen LogP contribution >= 0.6 is 0 Å². The van der Waals surface area contributed by atoms with E-state index >= 15 is 0 Å². The van der Waals surface area contributed by atoms with Gasteiger partial charge in [-0.25, -0.2) is 8.42 Å². The van der Waals surface area contributed by atoms with Crippen LogP contribution in [0.25, 0.3) is 0 Å². The minimum atomic E-state index is -3.47. The summed E-state index contributed by atoms with van der Waals surface area (Å²) in [5.74, 6) is 0. The van der Waals surface area contributed by atoms with E-state index in [0.29, 0.717) is 5.69 Å². The first-order valence-electron chi connectivity index (χ1n) is 5.98. The Morgan fingerprint density at radius 1 is 0.947 bits per heavy atom. The van der Waals surface area contributed by atoms with Crippen LogP contribution in [0.15, 0.2) is 58.3 Å². The van der Waals surface area contributed by atoms with Crippen LogP contribution in [0.4, 0.5) is 11.4 Å². The molecule has 5 heteroatoms. The van der Waals surface area contributed by atoms with Gasteiger partial charge in [0, 0.05) is 17.9 Å². The summed E-state index contributed by atoms with van der Waals surface area (Å²) in [7, 11) is -3.47. The Balaban J connectivity index is 2.36. The van der Waals surface area contributed by atoms with Gasteiger partial charge in [0.05, 0.1) is 9.79 Å². The number of anilines is 2. The second-order valence-electron chi connectivity index (χ2n) is 4.13. The number of hydrogen-bond acceptors (Lipinski definition) is 4. The van der Waals surface area contributed by atoms with Crippen LogP contribution in [0.3, 0.4) is 0 Å². The summed E-state index contributed by atoms with van der Waals surface area (Å²) in [6.07, 6.45) is 0. The van der Waals surface area contributed by atoms with Gasteiger partial charge in [0.1, 0.15) is 0 Å². The van der Waals surface area contributed by atoms with Crippen LogP contribution < -0.4 is 11.1 Å². The molecule has 4 nitrogen and oxygen atoms in total. The third-order valence-electron chi connectivity index (χ3n) is 2.74. The highest BCUT2D eigenvalue weighted by Crippen LogP contribution is 2.22. The van der Waals surface area contributed by atoms with Crippen LogP contribution in [-0.4, -0.2) is 15.0 Å². The molecule has 3 N–H and O–H groups in total. The molecule has 0 fully saturated rings. The van der Waals surface area contributed by atoms with Crippen molar-refractivity contribution in [1.82, 2.24) is 0 Å². The van der Waals surface area contributed by atoms with Crippen LogP contribution in [0.5, 0.6) is 0 Å². The topological polar surface area (TPSA) is 72.2 Å². The van der Waals surface area contributed by atoms with E-state index < -0.39 is 9.84 Å². The smallest absolute Gasteiger partial charge is 0.206 e. The molecule has 0 amide bonds. The average Bonchev–Trinajstić information content (AvgIpc) is 2.40. The van der Waals surface area contributed by atoms with E-state index in [1.165, 1.54) is 12.1 Å². The fourth-order valence-corrected chi connectivity index (χ4v) is 3.00. The molecular formula is C14H16N2O2S. The predicted molar refractivity (Wildman–Crippen MR) is 76.9 cm³/mol. The Morgan fingerprint density at radius 2 is 1.42 bits per heavy atom. The number of benzene rings is 2. The Morgan fingerprint density at radius 3 is 1.89 bits per heavy atom. The van der Waals surface area contributed by atoms with Gasteiger partial charge < -0.3 is 11.1 Å². The second-order valence-corrected chi connectivity index (χ2v) is 6.08. The van der Waals surface area contributed by atoms with E-state index in [-0.39, 0.29) is 9.79 Å². The minimum absolute atomic E-state index is 0.248. The zero-order chi connectivity index (χ0) is 13.9. The van der Waals surface area contributed by atoms with Gasteiger partial charge in [-0.3, -0.25) is 0 Å². The van der Waals surface area contributed by atoms with Crippen molar-refractivity contribution in [3.8, 4) is 0 Å². The van der Waals surface area contributed by atoms with E-state index in [9.17, 15) is 8.42 Å². The molecular weight excluding hydrogens is 260 g/mol. The van der Waals surface area contributed by atoms with Crippen LogP contribution in [0.1, 0.15) is 6.92 Å². The first-order chi connectivity index (χ1) is 9.04. The highest BCUT2D eigenvalue weighted by Gasteiger charge is 2.16. The lowest BCUT2D eigenvalue weighted by Gasteiger charge is -2.07. The monoisotopic (exact) mass is 276 g/mol. The van der Waals surface area contributed by atoms with E-state index in [2.05, 4.69) is 5.32 Å². The highest BCUT2D eigenvalue weighted by atomic mass is 32.2. The molecule has 2 aromatic carbocycles. The number of rotatable bonds is 4. The van der Waals surface area contributed by atoms with Crippen molar-refractivity contribution in [2.75, 3.05) is 17.6 Å². The molecule has 100 valence electrons. The molecule has 2 aromatic rings. The van der Waals surface area contributed by atoms with Gasteiger partial charge >= 0.3 is 0 Å². The molecule has 0 atom stereocenters. The van der Waals surface area contributed by atoms with Crippen molar-refractivity contribution in [2.24, 2.45) is 0 Å². The molecule has 0 aliphatic carbocycles. The standard InChI is InChI=1S/C14H16N2O2S/c1-2-16-12-5-9-14(10-6-12)19(17,18)13-7-3-11(15)4-8-13/h3-10,16H,2,15H2,1H3. The summed E-state index contributed by atoms with van der Waals surface area (Å²) in [4.78, 5) is 0.525. The highest BCUT2D eigenvalue weighted by molar-refractivity contribution is 7.91. The summed E-state index contributed by atoms with van der Waals surface area (Å²) >= 11 is 0. The van der Waals surface area contributed by atoms with Gasteiger partial charge in [0.2, 0.25) is 9.84 Å². The summed E-state index contributed by atoms with van der Waals surface area (Å²) in [5.41, 5.74) is 7.00. The Bertz CT molecular complexity index is 647. The number of sulfone groups is 1. The minimum Gasteiger partial charge on any atom is -0.399 e. The molecule has 0 bridgehead atoms. The SMILES string of the molecule is CCNc1ccc(S(=O)(=O)c2ccc(N)cc2)cc1. The van der Waals surface area contributed by atoms with Gasteiger partial charge in [0.25, 0.3) is 0 Å². The van der Waals surface area contributed by atoms with Gasteiger partial charge in [-0.05, 0) is 55.5 Å². The Labute approximate surface area is 113 Å². The third kappa shape index (κ3) is 2.88. The molecule has 0 radical (unpaired) electrons. The first-order valence-corrected chi connectivity index (χ1v) is 7.47. The zero-order valence-electron chi connectivity index (χ0n) is 10.6. The molecule has 0 heterocycles. The molecule has 0 aliphatic rings. The van der Waals surface area contributed by atoms with Crippen LogP contribution in [0.2, 0.25) is 0 Å². The molecule has 0 saturated carbocycles. The molecule has 0 spiro atoms. The Hall–Kier alpha value is -2.01. The second kappa shape index (κ2) is 5.32. The number of nitrogens with one attached hydrogen (secondary N) is 1. The lowest BCUT2D eigenvalue weighted by Crippen LogP contribution is -2.03. The first kappa shape index (κ1) is 13.4. The quantitative estimate of drug-likeness (QED) is 0.842. The fraction of sp³-hybridized carbons (Fsp3) is 0.143. The van der Waals surface area contributed by atoms with Crippen molar-refractivity contribution in [1.29, 1.82) is 0 Å².